The summed E-state index contributed by atoms with van der Waals surface area (Å²) in [7, 11) is 3.55. The Morgan fingerprint density at radius 2 is 1.27 bits per heavy atom. The summed E-state index contributed by atoms with van der Waals surface area (Å²) in [6.45, 7) is 0. The summed E-state index contributed by atoms with van der Waals surface area (Å²) in [6, 6.07) is 14.5. The molecule has 0 unspecified atom stereocenters. The Bertz CT molecular complexity index is 380. The molecule has 2 aromatic carbocycles. The first-order valence-electron chi connectivity index (χ1n) is 3.57. The molecule has 4 radical (unpaired) electrons. The van der Waals surface area contributed by atoms with E-state index in [9.17, 15) is 0 Å². The molecule has 0 aromatic heterocycles. The van der Waals surface area contributed by atoms with Crippen molar-refractivity contribution < 1.29 is 17.4 Å². The summed E-state index contributed by atoms with van der Waals surface area (Å²) in [5, 5.41) is 3.70. The van der Waals surface area contributed by atoms with Crippen LogP contribution in [-0.4, -0.2) is 10.2 Å². The Morgan fingerprint density at radius 1 is 0.733 bits per heavy atom. The minimum absolute atomic E-state index is 0. The van der Waals surface area contributed by atoms with Crippen LogP contribution in [0.1, 0.15) is 0 Å². The van der Waals surface area contributed by atoms with E-state index in [0.717, 1.165) is 5.19 Å². The fourth-order valence-corrected chi connectivity index (χ4v) is 1.55. The zero-order valence-electron chi connectivity index (χ0n) is 9.45. The number of hydrogen-bond acceptors (Lipinski definition) is 0. The maximum atomic E-state index is 3.55. The van der Waals surface area contributed by atoms with Gasteiger partial charge in [0.05, 0.1) is 10.2 Å². The molecule has 15 heavy (non-hydrogen) atoms. The fourth-order valence-electron chi connectivity index (χ4n) is 1.23. The van der Waals surface area contributed by atoms with Crippen molar-refractivity contribution in [1.29, 1.82) is 0 Å². The van der Waals surface area contributed by atoms with E-state index in [1.165, 1.54) is 10.8 Å². The zero-order chi connectivity index (χ0) is 7.68. The van der Waals surface area contributed by atoms with Crippen LogP contribution in [0.15, 0.2) is 42.5 Å². The second kappa shape index (κ2) is 8.73. The smallest absolute Gasteiger partial charge is 0.358 e. The van der Waals surface area contributed by atoms with Crippen LogP contribution < -0.4 is 5.19 Å². The standard InChI is InChI=1S/C10H7Si.3CH3.Cr/c11-10-7-3-5-8-4-1-2-6-9(8)10;;;;/h1-7H;3*1H3;/q;3*-1;+3. The Morgan fingerprint density at radius 3 is 1.87 bits per heavy atom. The second-order valence-corrected chi connectivity index (χ2v) is 3.07. The summed E-state index contributed by atoms with van der Waals surface area (Å²) in [5.41, 5.74) is 0. The van der Waals surface area contributed by atoms with Crippen molar-refractivity contribution in [2.75, 3.05) is 0 Å². The van der Waals surface area contributed by atoms with E-state index in [2.05, 4.69) is 34.5 Å². The van der Waals surface area contributed by atoms with Crippen molar-refractivity contribution >= 4 is 26.2 Å². The summed E-state index contributed by atoms with van der Waals surface area (Å²) < 4.78 is 0. The zero-order valence-corrected chi connectivity index (χ0v) is 11.7. The van der Waals surface area contributed by atoms with Crippen LogP contribution in [0.4, 0.5) is 0 Å². The molecule has 78 valence electrons. The first-order valence-corrected chi connectivity index (χ1v) is 4.07. The van der Waals surface area contributed by atoms with Crippen molar-refractivity contribution in [3.05, 3.63) is 64.7 Å². The van der Waals surface area contributed by atoms with Crippen LogP contribution in [0.3, 0.4) is 0 Å². The molecule has 0 N–H and O–H groups in total. The van der Waals surface area contributed by atoms with Gasteiger partial charge in [0.1, 0.15) is 0 Å². The summed E-state index contributed by atoms with van der Waals surface area (Å²) in [6.07, 6.45) is 0. The van der Waals surface area contributed by atoms with Gasteiger partial charge in [-0.15, -0.1) is 0 Å². The van der Waals surface area contributed by atoms with E-state index in [1.807, 2.05) is 18.2 Å². The van der Waals surface area contributed by atoms with Gasteiger partial charge in [0.2, 0.25) is 0 Å². The Balaban J connectivity index is -0.000000360. The summed E-state index contributed by atoms with van der Waals surface area (Å²) in [5.74, 6) is 0. The molecule has 0 saturated carbocycles. The van der Waals surface area contributed by atoms with Gasteiger partial charge in [0.25, 0.3) is 0 Å². The normalized spacial score (nSPS) is 7.53. The monoisotopic (exact) mass is 252 g/mol. The Hall–Kier alpha value is -0.551. The maximum absolute atomic E-state index is 3.55. The molecule has 0 fully saturated rings. The number of benzene rings is 2. The van der Waals surface area contributed by atoms with Crippen LogP contribution in [-0.2, 0) is 17.4 Å². The van der Waals surface area contributed by atoms with Crippen LogP contribution in [0.5, 0.6) is 0 Å². The number of fused-ring (bicyclic) bond motifs is 1. The quantitative estimate of drug-likeness (QED) is 0.499. The van der Waals surface area contributed by atoms with Gasteiger partial charge in [-0.05, 0) is 10.8 Å². The van der Waals surface area contributed by atoms with Gasteiger partial charge < -0.3 is 22.3 Å². The fraction of sp³-hybridized carbons (Fsp3) is 0. The van der Waals surface area contributed by atoms with Gasteiger partial charge in [-0.2, -0.15) is 0 Å². The average molecular weight is 252 g/mol. The topological polar surface area (TPSA) is 0 Å². The van der Waals surface area contributed by atoms with Crippen LogP contribution >= 0.6 is 0 Å². The average Bonchev–Trinajstić information content (AvgIpc) is 2.06. The maximum Gasteiger partial charge on any atom is 3.00 e. The van der Waals surface area contributed by atoms with Gasteiger partial charge in [-0.1, -0.05) is 47.7 Å². The molecular weight excluding hydrogens is 236 g/mol. The van der Waals surface area contributed by atoms with Crippen LogP contribution in [0.2, 0.25) is 0 Å². The minimum Gasteiger partial charge on any atom is -0.358 e. The van der Waals surface area contributed by atoms with E-state index in [0.29, 0.717) is 0 Å². The molecule has 2 heteroatoms. The molecule has 2 rings (SSSR count). The van der Waals surface area contributed by atoms with E-state index in [1.54, 1.807) is 0 Å². The van der Waals surface area contributed by atoms with Gasteiger partial charge in [0, 0.05) is 0 Å². The molecule has 0 aliphatic carbocycles. The number of rotatable bonds is 0. The molecule has 0 spiro atoms. The van der Waals surface area contributed by atoms with E-state index in [4.69, 9.17) is 0 Å². The number of hydrogen-bond donors (Lipinski definition) is 0. The van der Waals surface area contributed by atoms with Crippen molar-refractivity contribution in [1.82, 2.24) is 0 Å². The predicted molar refractivity (Wildman–Crippen MR) is 68.6 cm³/mol. The van der Waals surface area contributed by atoms with Crippen molar-refractivity contribution in [3.8, 4) is 0 Å². The molecule has 0 bridgehead atoms. The van der Waals surface area contributed by atoms with Crippen molar-refractivity contribution in [2.45, 2.75) is 0 Å². The molecule has 0 aliphatic rings. The van der Waals surface area contributed by atoms with Crippen molar-refractivity contribution in [2.24, 2.45) is 0 Å². The molecule has 0 saturated heterocycles. The molecule has 0 aliphatic heterocycles. The van der Waals surface area contributed by atoms with Gasteiger partial charge >= 0.3 is 17.4 Å². The van der Waals surface area contributed by atoms with Crippen molar-refractivity contribution in [3.63, 3.8) is 0 Å². The Kier molecular flexibility index (Phi) is 11.6. The third-order valence-electron chi connectivity index (χ3n) is 1.79. The molecule has 0 amide bonds. The van der Waals surface area contributed by atoms with Gasteiger partial charge in [0.15, 0.2) is 0 Å². The third-order valence-corrected chi connectivity index (χ3v) is 2.23. The third kappa shape index (κ3) is 4.22. The van der Waals surface area contributed by atoms with Gasteiger partial charge in [-0.25, -0.2) is 0 Å². The summed E-state index contributed by atoms with van der Waals surface area (Å²) in [4.78, 5) is 0. The van der Waals surface area contributed by atoms with Crippen LogP contribution in [0.25, 0.3) is 10.8 Å². The van der Waals surface area contributed by atoms with E-state index in [-0.39, 0.29) is 39.6 Å². The second-order valence-electron chi connectivity index (χ2n) is 2.53. The minimum atomic E-state index is 0. The molecule has 2 aromatic rings. The first kappa shape index (κ1) is 19.9. The Labute approximate surface area is 108 Å². The summed E-state index contributed by atoms with van der Waals surface area (Å²) >= 11 is 0. The SMILES string of the molecule is [CH3-].[CH3-].[CH3-].[Cr+3].[Si]c1cccc2ccccc12. The molecular formula is C13H16CrSi. The first-order chi connectivity index (χ1) is 5.38. The van der Waals surface area contributed by atoms with E-state index < -0.39 is 0 Å². The predicted octanol–water partition coefficient (Wildman–Crippen LogP) is 2.98. The van der Waals surface area contributed by atoms with Gasteiger partial charge in [-0.3, -0.25) is 0 Å². The van der Waals surface area contributed by atoms with E-state index >= 15 is 0 Å². The molecule has 0 nitrogen and oxygen atoms in total. The van der Waals surface area contributed by atoms with Crippen LogP contribution in [0, 0.1) is 22.3 Å². The largest absolute Gasteiger partial charge is 3.00 e. The molecule has 0 heterocycles. The molecule has 0 atom stereocenters.